The van der Waals surface area contributed by atoms with Crippen molar-refractivity contribution < 1.29 is 9.59 Å². The van der Waals surface area contributed by atoms with Crippen LogP contribution in [0.3, 0.4) is 0 Å². The molecule has 0 aliphatic carbocycles. The number of nitrogens with one attached hydrogen (secondary N) is 1. The zero-order valence-corrected chi connectivity index (χ0v) is 11.9. The molecular formula is C14H14N4O2S. The second-order valence-electron chi connectivity index (χ2n) is 4.19. The molecule has 2 amide bonds. The first-order chi connectivity index (χ1) is 10.1. The highest BCUT2D eigenvalue weighted by Gasteiger charge is 2.06. The van der Waals surface area contributed by atoms with Crippen LogP contribution in [0.1, 0.15) is 10.4 Å². The van der Waals surface area contributed by atoms with Gasteiger partial charge < -0.3 is 16.8 Å². The highest BCUT2D eigenvalue weighted by molar-refractivity contribution is 8.00. The highest BCUT2D eigenvalue weighted by Crippen LogP contribution is 2.23. The van der Waals surface area contributed by atoms with Gasteiger partial charge in [-0.1, -0.05) is 0 Å². The molecule has 0 unspecified atom stereocenters. The topological polar surface area (TPSA) is 111 Å². The Morgan fingerprint density at radius 1 is 1.19 bits per heavy atom. The number of nitrogens with two attached hydrogens (primary N) is 2. The molecule has 5 N–H and O–H groups in total. The fourth-order valence-corrected chi connectivity index (χ4v) is 2.32. The molecule has 0 saturated heterocycles. The van der Waals surface area contributed by atoms with Gasteiger partial charge in [-0.25, -0.2) is 0 Å². The van der Waals surface area contributed by atoms with Gasteiger partial charge in [-0.3, -0.25) is 14.6 Å². The molecule has 0 bridgehead atoms. The van der Waals surface area contributed by atoms with E-state index in [1.54, 1.807) is 42.7 Å². The summed E-state index contributed by atoms with van der Waals surface area (Å²) in [5.41, 5.74) is 12.4. The Morgan fingerprint density at radius 2 is 1.90 bits per heavy atom. The molecule has 0 atom stereocenters. The van der Waals surface area contributed by atoms with E-state index in [4.69, 9.17) is 11.5 Å². The van der Waals surface area contributed by atoms with E-state index in [-0.39, 0.29) is 11.7 Å². The number of carbonyl (C=O) groups is 2. The van der Waals surface area contributed by atoms with Gasteiger partial charge in [0.15, 0.2) is 0 Å². The molecule has 0 aliphatic rings. The number of hydrogen-bond acceptors (Lipinski definition) is 5. The third kappa shape index (κ3) is 4.22. The molecule has 7 heteroatoms. The highest BCUT2D eigenvalue weighted by atomic mass is 32.2. The summed E-state index contributed by atoms with van der Waals surface area (Å²) in [7, 11) is 0. The van der Waals surface area contributed by atoms with E-state index in [2.05, 4.69) is 10.3 Å². The molecule has 1 heterocycles. The Hall–Kier alpha value is -2.54. The standard InChI is InChI=1S/C14H14N4O2S/c15-11-7-17-6-5-12(11)21-8-13(19)18-10-3-1-9(2-4-10)14(16)20/h1-7H,8,15H2,(H2,16,20)(H,18,19). The number of aromatic nitrogens is 1. The minimum Gasteiger partial charge on any atom is -0.397 e. The van der Waals surface area contributed by atoms with Crippen LogP contribution in [-0.2, 0) is 4.79 Å². The fraction of sp³-hybridized carbons (Fsp3) is 0.0714. The maximum Gasteiger partial charge on any atom is 0.248 e. The Bertz CT molecular complexity index is 658. The second-order valence-corrected chi connectivity index (χ2v) is 5.21. The molecule has 2 rings (SSSR count). The number of nitrogens with zero attached hydrogens (tertiary/aromatic N) is 1. The van der Waals surface area contributed by atoms with Crippen molar-refractivity contribution in [2.45, 2.75) is 4.90 Å². The molecule has 0 radical (unpaired) electrons. The monoisotopic (exact) mass is 302 g/mol. The second kappa shape index (κ2) is 6.76. The van der Waals surface area contributed by atoms with Crippen LogP contribution < -0.4 is 16.8 Å². The summed E-state index contributed by atoms with van der Waals surface area (Å²) in [6, 6.07) is 8.14. The minimum absolute atomic E-state index is 0.164. The van der Waals surface area contributed by atoms with Gasteiger partial charge in [-0.05, 0) is 30.3 Å². The molecule has 0 spiro atoms. The first-order valence-electron chi connectivity index (χ1n) is 6.08. The minimum atomic E-state index is -0.503. The number of hydrogen-bond donors (Lipinski definition) is 3. The number of nitrogen functional groups attached to an aromatic ring is 1. The van der Waals surface area contributed by atoms with Crippen molar-refractivity contribution in [2.75, 3.05) is 16.8 Å². The van der Waals surface area contributed by atoms with Crippen LogP contribution in [0.5, 0.6) is 0 Å². The first kappa shape index (κ1) is 14.9. The largest absolute Gasteiger partial charge is 0.397 e. The van der Waals surface area contributed by atoms with Crippen molar-refractivity contribution in [3.63, 3.8) is 0 Å². The lowest BCUT2D eigenvalue weighted by Crippen LogP contribution is -2.15. The summed E-state index contributed by atoms with van der Waals surface area (Å²) in [6.07, 6.45) is 3.17. The number of rotatable bonds is 5. The number of carbonyl (C=O) groups excluding carboxylic acids is 2. The number of anilines is 2. The quantitative estimate of drug-likeness (QED) is 0.725. The van der Waals surface area contributed by atoms with E-state index in [0.29, 0.717) is 16.9 Å². The number of benzene rings is 1. The van der Waals surface area contributed by atoms with Gasteiger partial charge in [0.2, 0.25) is 11.8 Å². The molecule has 1 aromatic heterocycles. The maximum absolute atomic E-state index is 11.8. The van der Waals surface area contributed by atoms with Crippen LogP contribution in [0.25, 0.3) is 0 Å². The third-order valence-corrected chi connectivity index (χ3v) is 3.71. The van der Waals surface area contributed by atoms with E-state index in [1.807, 2.05) is 0 Å². The molecule has 0 aliphatic heterocycles. The Balaban J connectivity index is 1.90. The molecule has 2 aromatic rings. The fourth-order valence-electron chi connectivity index (χ4n) is 1.58. The number of amides is 2. The van der Waals surface area contributed by atoms with Crippen molar-refractivity contribution in [1.82, 2.24) is 4.98 Å². The van der Waals surface area contributed by atoms with Crippen LogP contribution in [0.4, 0.5) is 11.4 Å². The summed E-state index contributed by atoms with van der Waals surface area (Å²) in [6.45, 7) is 0. The first-order valence-corrected chi connectivity index (χ1v) is 7.07. The number of pyridine rings is 1. The maximum atomic E-state index is 11.8. The molecule has 0 fully saturated rings. The summed E-state index contributed by atoms with van der Waals surface area (Å²) in [5.74, 6) is -0.439. The molecule has 0 saturated carbocycles. The molecule has 21 heavy (non-hydrogen) atoms. The number of primary amides is 1. The predicted molar refractivity (Wildman–Crippen MR) is 83.0 cm³/mol. The lowest BCUT2D eigenvalue weighted by atomic mass is 10.2. The van der Waals surface area contributed by atoms with Gasteiger partial charge in [-0.2, -0.15) is 0 Å². The lowest BCUT2D eigenvalue weighted by Gasteiger charge is -2.06. The van der Waals surface area contributed by atoms with Crippen molar-refractivity contribution in [3.05, 3.63) is 48.3 Å². The van der Waals surface area contributed by atoms with E-state index in [0.717, 1.165) is 4.90 Å². The van der Waals surface area contributed by atoms with Gasteiger partial charge >= 0.3 is 0 Å². The summed E-state index contributed by atoms with van der Waals surface area (Å²) in [5, 5.41) is 2.73. The summed E-state index contributed by atoms with van der Waals surface area (Å²) < 4.78 is 0. The Labute approximate surface area is 125 Å². The zero-order valence-electron chi connectivity index (χ0n) is 11.1. The predicted octanol–water partition coefficient (Wildman–Crippen LogP) is 1.49. The van der Waals surface area contributed by atoms with Gasteiger partial charge in [0.25, 0.3) is 0 Å². The summed E-state index contributed by atoms with van der Waals surface area (Å²) >= 11 is 1.33. The van der Waals surface area contributed by atoms with Crippen LogP contribution in [0.2, 0.25) is 0 Å². The number of thioether (sulfide) groups is 1. The van der Waals surface area contributed by atoms with Gasteiger partial charge in [0.05, 0.1) is 17.6 Å². The average Bonchev–Trinajstić information content (AvgIpc) is 2.47. The van der Waals surface area contributed by atoms with Crippen molar-refractivity contribution >= 4 is 35.0 Å². The van der Waals surface area contributed by atoms with Crippen LogP contribution in [-0.4, -0.2) is 22.6 Å². The van der Waals surface area contributed by atoms with Crippen molar-refractivity contribution in [2.24, 2.45) is 5.73 Å². The molecule has 108 valence electrons. The van der Waals surface area contributed by atoms with E-state index in [9.17, 15) is 9.59 Å². The van der Waals surface area contributed by atoms with Crippen LogP contribution in [0, 0.1) is 0 Å². The normalized spacial score (nSPS) is 10.1. The van der Waals surface area contributed by atoms with E-state index in [1.165, 1.54) is 11.8 Å². The summed E-state index contributed by atoms with van der Waals surface area (Å²) in [4.78, 5) is 27.5. The SMILES string of the molecule is NC(=O)c1ccc(NC(=O)CSc2ccncc2N)cc1. The van der Waals surface area contributed by atoms with Crippen LogP contribution in [0.15, 0.2) is 47.6 Å². The lowest BCUT2D eigenvalue weighted by molar-refractivity contribution is -0.113. The Kier molecular flexibility index (Phi) is 4.78. The van der Waals surface area contributed by atoms with Crippen molar-refractivity contribution in [1.29, 1.82) is 0 Å². The zero-order chi connectivity index (χ0) is 15.2. The van der Waals surface area contributed by atoms with Crippen LogP contribution >= 0.6 is 11.8 Å². The third-order valence-electron chi connectivity index (χ3n) is 2.62. The smallest absolute Gasteiger partial charge is 0.248 e. The van der Waals surface area contributed by atoms with Crippen molar-refractivity contribution in [3.8, 4) is 0 Å². The van der Waals surface area contributed by atoms with E-state index < -0.39 is 5.91 Å². The molecule has 1 aromatic carbocycles. The van der Waals surface area contributed by atoms with Gasteiger partial charge in [-0.15, -0.1) is 11.8 Å². The van der Waals surface area contributed by atoms with E-state index >= 15 is 0 Å². The molecule has 6 nitrogen and oxygen atoms in total. The Morgan fingerprint density at radius 3 is 2.52 bits per heavy atom. The molecular weight excluding hydrogens is 288 g/mol. The van der Waals surface area contributed by atoms with Gasteiger partial charge in [0, 0.05) is 22.3 Å². The van der Waals surface area contributed by atoms with Gasteiger partial charge in [0.1, 0.15) is 0 Å². The average molecular weight is 302 g/mol.